The van der Waals surface area contributed by atoms with Gasteiger partial charge in [0.15, 0.2) is 0 Å². The fourth-order valence-electron chi connectivity index (χ4n) is 4.23. The molecule has 0 spiro atoms. The molecule has 1 N–H and O–H groups in total. The van der Waals surface area contributed by atoms with Crippen LogP contribution < -0.4 is 5.32 Å². The van der Waals surface area contributed by atoms with Crippen LogP contribution in [-0.4, -0.2) is 73.0 Å². The molecule has 9 nitrogen and oxygen atoms in total. The molecule has 0 radical (unpaired) electrons. The summed E-state index contributed by atoms with van der Waals surface area (Å²) in [6.45, 7) is 3.80. The first-order chi connectivity index (χ1) is 16.2. The quantitative estimate of drug-likeness (QED) is 0.674. The SMILES string of the molecule is CC(=O)N1CCN(S(=O)(=O)c2cccc(C(=O)Nc3cccc(CN4CCCC4=O)c3)c2)CC1. The maximum atomic E-state index is 13.1. The first-order valence-corrected chi connectivity index (χ1v) is 12.7. The van der Waals surface area contributed by atoms with Crippen LogP contribution in [0.2, 0.25) is 0 Å². The lowest BCUT2D eigenvalue weighted by molar-refractivity contribution is -0.130. The number of carbonyl (C=O) groups is 3. The second kappa shape index (κ2) is 9.94. The van der Waals surface area contributed by atoms with Gasteiger partial charge >= 0.3 is 0 Å². The van der Waals surface area contributed by atoms with Crippen molar-refractivity contribution in [2.45, 2.75) is 31.2 Å². The number of piperazine rings is 1. The highest BCUT2D eigenvalue weighted by molar-refractivity contribution is 7.89. The van der Waals surface area contributed by atoms with Crippen LogP contribution in [-0.2, 0) is 26.2 Å². The number of rotatable bonds is 6. The summed E-state index contributed by atoms with van der Waals surface area (Å²) in [5.74, 6) is -0.366. The predicted octanol–water partition coefficient (Wildman–Crippen LogP) is 1.91. The van der Waals surface area contributed by atoms with E-state index in [9.17, 15) is 22.8 Å². The Morgan fingerprint density at radius 3 is 2.38 bits per heavy atom. The van der Waals surface area contributed by atoms with Crippen LogP contribution in [0.1, 0.15) is 35.7 Å². The Morgan fingerprint density at radius 2 is 1.71 bits per heavy atom. The van der Waals surface area contributed by atoms with Gasteiger partial charge in [0.25, 0.3) is 5.91 Å². The zero-order valence-corrected chi connectivity index (χ0v) is 19.9. The Kier molecular flexibility index (Phi) is 6.99. The van der Waals surface area contributed by atoms with Crippen molar-refractivity contribution in [2.75, 3.05) is 38.0 Å². The molecule has 10 heteroatoms. The van der Waals surface area contributed by atoms with E-state index in [1.54, 1.807) is 28.0 Å². The second-order valence-corrected chi connectivity index (χ2v) is 10.4. The summed E-state index contributed by atoms with van der Waals surface area (Å²) in [4.78, 5) is 39.7. The van der Waals surface area contributed by atoms with Gasteiger partial charge in [-0.15, -0.1) is 0 Å². The van der Waals surface area contributed by atoms with Crippen molar-refractivity contribution in [1.82, 2.24) is 14.1 Å². The average molecular weight is 485 g/mol. The molecule has 2 aliphatic heterocycles. The molecular formula is C24H28N4O5S. The third-order valence-electron chi connectivity index (χ3n) is 6.15. The lowest BCUT2D eigenvalue weighted by Crippen LogP contribution is -2.49. The van der Waals surface area contributed by atoms with E-state index in [2.05, 4.69) is 5.32 Å². The third-order valence-corrected chi connectivity index (χ3v) is 8.04. The average Bonchev–Trinajstić information content (AvgIpc) is 3.23. The Labute approximate surface area is 199 Å². The minimum Gasteiger partial charge on any atom is -0.340 e. The molecule has 0 bridgehead atoms. The van der Waals surface area contributed by atoms with E-state index in [1.807, 2.05) is 18.2 Å². The van der Waals surface area contributed by atoms with Gasteiger partial charge in [-0.3, -0.25) is 14.4 Å². The molecule has 0 atom stereocenters. The number of sulfonamides is 1. The number of hydrogen-bond donors (Lipinski definition) is 1. The van der Waals surface area contributed by atoms with Crippen molar-refractivity contribution in [3.05, 3.63) is 59.7 Å². The van der Waals surface area contributed by atoms with Gasteiger partial charge in [0.05, 0.1) is 4.90 Å². The molecule has 0 aromatic heterocycles. The van der Waals surface area contributed by atoms with Gasteiger partial charge in [0.1, 0.15) is 0 Å². The van der Waals surface area contributed by atoms with Gasteiger partial charge < -0.3 is 15.1 Å². The molecule has 4 rings (SSSR count). The minimum atomic E-state index is -3.79. The predicted molar refractivity (Wildman–Crippen MR) is 127 cm³/mol. The molecule has 0 aliphatic carbocycles. The van der Waals surface area contributed by atoms with Gasteiger partial charge in [-0.25, -0.2) is 8.42 Å². The second-order valence-electron chi connectivity index (χ2n) is 8.51. The van der Waals surface area contributed by atoms with Gasteiger partial charge in [-0.2, -0.15) is 4.31 Å². The lowest BCUT2D eigenvalue weighted by atomic mass is 10.1. The molecule has 2 heterocycles. The highest BCUT2D eigenvalue weighted by atomic mass is 32.2. The van der Waals surface area contributed by atoms with Gasteiger partial charge in [0, 0.05) is 63.9 Å². The molecule has 2 aliphatic rings. The highest BCUT2D eigenvalue weighted by Crippen LogP contribution is 2.21. The van der Waals surface area contributed by atoms with Crippen LogP contribution in [0.25, 0.3) is 0 Å². The number of nitrogens with one attached hydrogen (secondary N) is 1. The smallest absolute Gasteiger partial charge is 0.255 e. The van der Waals surface area contributed by atoms with E-state index in [1.165, 1.54) is 23.4 Å². The monoisotopic (exact) mass is 484 g/mol. The third kappa shape index (κ3) is 5.28. The lowest BCUT2D eigenvalue weighted by Gasteiger charge is -2.33. The summed E-state index contributed by atoms with van der Waals surface area (Å²) in [5, 5.41) is 2.82. The topological polar surface area (TPSA) is 107 Å². The normalized spacial score (nSPS) is 17.1. The number of amides is 3. The first kappa shape index (κ1) is 23.9. The van der Waals surface area contributed by atoms with E-state index in [0.717, 1.165) is 18.5 Å². The van der Waals surface area contributed by atoms with Crippen molar-refractivity contribution < 1.29 is 22.8 Å². The maximum Gasteiger partial charge on any atom is 0.255 e. The van der Waals surface area contributed by atoms with Crippen LogP contribution in [0.15, 0.2) is 53.4 Å². The highest BCUT2D eigenvalue weighted by Gasteiger charge is 2.29. The standard InChI is InChI=1S/C24H28N4O5S/c1-18(29)26-11-13-28(14-12-26)34(32,33)22-8-3-6-20(16-22)24(31)25-21-7-2-5-19(15-21)17-27-10-4-9-23(27)30/h2-3,5-8,15-16H,4,9-14,17H2,1H3,(H,25,31). The van der Waals surface area contributed by atoms with Crippen LogP contribution in [0.4, 0.5) is 5.69 Å². The van der Waals surface area contributed by atoms with Gasteiger partial charge in [0.2, 0.25) is 21.8 Å². The van der Waals surface area contributed by atoms with Crippen molar-refractivity contribution in [1.29, 1.82) is 0 Å². The van der Waals surface area contributed by atoms with Crippen molar-refractivity contribution in [3.8, 4) is 0 Å². The molecule has 2 fully saturated rings. The van der Waals surface area contributed by atoms with Crippen molar-refractivity contribution in [2.24, 2.45) is 0 Å². The number of benzene rings is 2. The zero-order valence-electron chi connectivity index (χ0n) is 19.1. The fourth-order valence-corrected chi connectivity index (χ4v) is 5.70. The van der Waals surface area contributed by atoms with E-state index in [4.69, 9.17) is 0 Å². The molecule has 3 amide bonds. The molecule has 0 unspecified atom stereocenters. The molecule has 0 saturated carbocycles. The van der Waals surface area contributed by atoms with E-state index in [0.29, 0.717) is 31.7 Å². The van der Waals surface area contributed by atoms with Crippen LogP contribution in [0.5, 0.6) is 0 Å². The summed E-state index contributed by atoms with van der Waals surface area (Å²) in [5.41, 5.74) is 1.71. The fraction of sp³-hybridized carbons (Fsp3) is 0.375. The van der Waals surface area contributed by atoms with Crippen molar-refractivity contribution >= 4 is 33.4 Å². The Bertz CT molecular complexity index is 1210. The molecule has 2 aromatic rings. The molecule has 2 aromatic carbocycles. The number of carbonyl (C=O) groups excluding carboxylic acids is 3. The Hall–Kier alpha value is -3.24. The molecule has 2 saturated heterocycles. The molecular weight excluding hydrogens is 456 g/mol. The first-order valence-electron chi connectivity index (χ1n) is 11.3. The number of likely N-dealkylation sites (tertiary alicyclic amines) is 1. The Morgan fingerprint density at radius 1 is 0.971 bits per heavy atom. The maximum absolute atomic E-state index is 13.1. The van der Waals surface area contributed by atoms with Crippen LogP contribution in [0.3, 0.4) is 0 Å². The van der Waals surface area contributed by atoms with E-state index in [-0.39, 0.29) is 35.4 Å². The summed E-state index contributed by atoms with van der Waals surface area (Å²) >= 11 is 0. The van der Waals surface area contributed by atoms with Crippen molar-refractivity contribution in [3.63, 3.8) is 0 Å². The van der Waals surface area contributed by atoms with Crippen LogP contribution in [0, 0.1) is 0 Å². The largest absolute Gasteiger partial charge is 0.340 e. The van der Waals surface area contributed by atoms with Crippen LogP contribution >= 0.6 is 0 Å². The summed E-state index contributed by atoms with van der Waals surface area (Å²) < 4.78 is 27.5. The summed E-state index contributed by atoms with van der Waals surface area (Å²) in [6.07, 6.45) is 1.43. The van der Waals surface area contributed by atoms with E-state index >= 15 is 0 Å². The van der Waals surface area contributed by atoms with Gasteiger partial charge in [-0.1, -0.05) is 18.2 Å². The number of anilines is 1. The Balaban J connectivity index is 1.44. The number of nitrogens with zero attached hydrogens (tertiary/aromatic N) is 3. The summed E-state index contributed by atoms with van der Waals surface area (Å²) in [6, 6.07) is 13.2. The number of hydrogen-bond acceptors (Lipinski definition) is 5. The zero-order chi connectivity index (χ0) is 24.3. The van der Waals surface area contributed by atoms with E-state index < -0.39 is 15.9 Å². The molecule has 180 valence electrons. The van der Waals surface area contributed by atoms with Gasteiger partial charge in [-0.05, 0) is 42.3 Å². The minimum absolute atomic E-state index is 0.0396. The summed E-state index contributed by atoms with van der Waals surface area (Å²) in [7, 11) is -3.79. The molecule has 34 heavy (non-hydrogen) atoms.